The van der Waals surface area contributed by atoms with Crippen LogP contribution in [-0.2, 0) is 4.79 Å². The van der Waals surface area contributed by atoms with Crippen LogP contribution in [-0.4, -0.2) is 18.6 Å². The zero-order chi connectivity index (χ0) is 16.7. The number of hydrogen-bond acceptors (Lipinski definition) is 3. The van der Waals surface area contributed by atoms with Crippen molar-refractivity contribution in [1.29, 1.82) is 0 Å². The van der Waals surface area contributed by atoms with Crippen molar-refractivity contribution >= 4 is 5.91 Å². The van der Waals surface area contributed by atoms with Crippen molar-refractivity contribution in [3.63, 3.8) is 0 Å². The van der Waals surface area contributed by atoms with Gasteiger partial charge in [0.25, 0.3) is 0 Å². The molecule has 0 fully saturated rings. The minimum absolute atomic E-state index is 0.0643. The maximum Gasteiger partial charge on any atom is 0.224 e. The van der Waals surface area contributed by atoms with Crippen LogP contribution in [0.25, 0.3) is 0 Å². The molecule has 0 spiro atoms. The highest BCUT2D eigenvalue weighted by molar-refractivity contribution is 5.79. The van der Waals surface area contributed by atoms with E-state index in [4.69, 9.17) is 10.5 Å². The molecule has 1 amide bonds. The second-order valence-electron chi connectivity index (χ2n) is 5.74. The smallest absolute Gasteiger partial charge is 0.224 e. The first-order valence-electron chi connectivity index (χ1n) is 7.86. The molecule has 0 aliphatic carbocycles. The normalized spacial score (nSPS) is 14.6. The number of carbonyl (C=O) groups is 1. The van der Waals surface area contributed by atoms with Crippen LogP contribution in [0.15, 0.2) is 60.7 Å². The fourth-order valence-corrected chi connectivity index (χ4v) is 2.14. The summed E-state index contributed by atoms with van der Waals surface area (Å²) in [5, 5.41) is 3.04. The number of carbonyl (C=O) groups excluding carboxylic acids is 1. The zero-order valence-electron chi connectivity index (χ0n) is 13.6. The van der Waals surface area contributed by atoms with Gasteiger partial charge in [-0.3, -0.25) is 4.79 Å². The van der Waals surface area contributed by atoms with Gasteiger partial charge >= 0.3 is 0 Å². The van der Waals surface area contributed by atoms with Crippen molar-refractivity contribution in [3.8, 4) is 5.75 Å². The highest BCUT2D eigenvalue weighted by Crippen LogP contribution is 2.17. The summed E-state index contributed by atoms with van der Waals surface area (Å²) in [7, 11) is 0. The van der Waals surface area contributed by atoms with Gasteiger partial charge in [-0.25, -0.2) is 0 Å². The lowest BCUT2D eigenvalue weighted by Gasteiger charge is -2.23. The molecule has 0 saturated carbocycles. The lowest BCUT2D eigenvalue weighted by molar-refractivity contribution is -0.126. The number of ether oxygens (including phenoxy) is 1. The molecule has 3 atom stereocenters. The summed E-state index contributed by atoms with van der Waals surface area (Å²) in [6, 6.07) is 19.0. The van der Waals surface area contributed by atoms with Gasteiger partial charge in [0, 0.05) is 12.0 Å². The van der Waals surface area contributed by atoms with Gasteiger partial charge < -0.3 is 15.8 Å². The van der Waals surface area contributed by atoms with Gasteiger partial charge in [-0.15, -0.1) is 0 Å². The first-order valence-corrected chi connectivity index (χ1v) is 7.86. The molecule has 4 heteroatoms. The molecule has 0 aliphatic rings. The molecule has 3 unspecified atom stereocenters. The van der Waals surface area contributed by atoms with E-state index in [1.807, 2.05) is 74.5 Å². The standard InChI is InChI=1S/C19H24N2O2/c1-14(15(2)20)19(22)21-18(16-9-5-3-6-10-16)13-23-17-11-7-4-8-12-17/h3-12,14-15,18H,13,20H2,1-2H3,(H,21,22). The van der Waals surface area contributed by atoms with Crippen LogP contribution in [0.3, 0.4) is 0 Å². The Morgan fingerprint density at radius 2 is 1.61 bits per heavy atom. The van der Waals surface area contributed by atoms with Crippen molar-refractivity contribution in [2.24, 2.45) is 11.7 Å². The quantitative estimate of drug-likeness (QED) is 0.826. The van der Waals surface area contributed by atoms with Gasteiger partial charge in [0.05, 0.1) is 6.04 Å². The number of para-hydroxylation sites is 1. The number of rotatable bonds is 7. The Bertz CT molecular complexity index is 599. The van der Waals surface area contributed by atoms with E-state index in [1.54, 1.807) is 0 Å². The van der Waals surface area contributed by atoms with Crippen LogP contribution in [0, 0.1) is 5.92 Å². The number of benzene rings is 2. The van der Waals surface area contributed by atoms with Crippen LogP contribution in [0.5, 0.6) is 5.75 Å². The maximum atomic E-state index is 12.3. The molecule has 0 heterocycles. The topological polar surface area (TPSA) is 64.4 Å². The Kier molecular flexibility index (Phi) is 6.18. The van der Waals surface area contributed by atoms with Crippen molar-refractivity contribution < 1.29 is 9.53 Å². The number of amides is 1. The van der Waals surface area contributed by atoms with E-state index in [9.17, 15) is 4.79 Å². The van der Waals surface area contributed by atoms with Crippen LogP contribution in [0.1, 0.15) is 25.5 Å². The Morgan fingerprint density at radius 3 is 2.17 bits per heavy atom. The molecular formula is C19H24N2O2. The number of nitrogens with one attached hydrogen (secondary N) is 1. The summed E-state index contributed by atoms with van der Waals surface area (Å²) in [4.78, 5) is 12.3. The predicted octanol–water partition coefficient (Wildman–Crippen LogP) is 2.91. The summed E-state index contributed by atoms with van der Waals surface area (Å²) < 4.78 is 5.82. The lowest BCUT2D eigenvalue weighted by Crippen LogP contribution is -2.41. The first kappa shape index (κ1) is 17.0. The summed E-state index contributed by atoms with van der Waals surface area (Å²) in [5.41, 5.74) is 6.83. The molecule has 0 saturated heterocycles. The van der Waals surface area contributed by atoms with Crippen molar-refractivity contribution in [1.82, 2.24) is 5.32 Å². The van der Waals surface area contributed by atoms with Gasteiger partial charge in [-0.05, 0) is 24.6 Å². The molecule has 2 aromatic carbocycles. The third-order valence-corrected chi connectivity index (χ3v) is 3.88. The van der Waals surface area contributed by atoms with Crippen LogP contribution in [0.2, 0.25) is 0 Å². The summed E-state index contributed by atoms with van der Waals surface area (Å²) in [6.45, 7) is 4.04. The third kappa shape index (κ3) is 5.11. The van der Waals surface area contributed by atoms with Gasteiger partial charge in [0.2, 0.25) is 5.91 Å². The predicted molar refractivity (Wildman–Crippen MR) is 92.1 cm³/mol. The molecule has 0 aromatic heterocycles. The molecule has 0 bridgehead atoms. The highest BCUT2D eigenvalue weighted by atomic mass is 16.5. The van der Waals surface area contributed by atoms with Crippen molar-refractivity contribution in [3.05, 3.63) is 66.2 Å². The van der Waals surface area contributed by atoms with E-state index in [1.165, 1.54) is 0 Å². The first-order chi connectivity index (χ1) is 11.1. The molecule has 4 nitrogen and oxygen atoms in total. The minimum Gasteiger partial charge on any atom is -0.491 e. The Labute approximate surface area is 137 Å². The van der Waals surface area contributed by atoms with Crippen LogP contribution >= 0.6 is 0 Å². The van der Waals surface area contributed by atoms with E-state index < -0.39 is 0 Å². The van der Waals surface area contributed by atoms with E-state index in [0.717, 1.165) is 11.3 Å². The molecule has 3 N–H and O–H groups in total. The molecule has 23 heavy (non-hydrogen) atoms. The summed E-state index contributed by atoms with van der Waals surface area (Å²) >= 11 is 0. The Balaban J connectivity index is 2.08. The third-order valence-electron chi connectivity index (χ3n) is 3.88. The number of hydrogen-bond donors (Lipinski definition) is 2. The highest BCUT2D eigenvalue weighted by Gasteiger charge is 2.22. The Morgan fingerprint density at radius 1 is 1.04 bits per heavy atom. The van der Waals surface area contributed by atoms with Crippen molar-refractivity contribution in [2.75, 3.05) is 6.61 Å². The molecule has 122 valence electrons. The van der Waals surface area contributed by atoms with E-state index in [0.29, 0.717) is 6.61 Å². The largest absolute Gasteiger partial charge is 0.491 e. The lowest BCUT2D eigenvalue weighted by atomic mass is 10.0. The van der Waals surface area contributed by atoms with Crippen LogP contribution < -0.4 is 15.8 Å². The average molecular weight is 312 g/mol. The molecule has 2 rings (SSSR count). The minimum atomic E-state index is -0.252. The fraction of sp³-hybridized carbons (Fsp3) is 0.316. The molecular weight excluding hydrogens is 288 g/mol. The van der Waals surface area contributed by atoms with Crippen molar-refractivity contribution in [2.45, 2.75) is 25.9 Å². The van der Waals surface area contributed by atoms with Gasteiger partial charge in [0.15, 0.2) is 0 Å². The van der Waals surface area contributed by atoms with Crippen LogP contribution in [0.4, 0.5) is 0 Å². The SMILES string of the molecule is CC(N)C(C)C(=O)NC(COc1ccccc1)c1ccccc1. The van der Waals surface area contributed by atoms with E-state index in [-0.39, 0.29) is 23.9 Å². The van der Waals surface area contributed by atoms with Gasteiger partial charge in [-0.2, -0.15) is 0 Å². The summed E-state index contributed by atoms with van der Waals surface area (Å²) in [5.74, 6) is 0.464. The molecule has 0 radical (unpaired) electrons. The van der Waals surface area contributed by atoms with Gasteiger partial charge in [-0.1, -0.05) is 55.5 Å². The maximum absolute atomic E-state index is 12.3. The fourth-order valence-electron chi connectivity index (χ4n) is 2.14. The average Bonchev–Trinajstić information content (AvgIpc) is 2.59. The van der Waals surface area contributed by atoms with E-state index in [2.05, 4.69) is 5.32 Å². The van der Waals surface area contributed by atoms with E-state index >= 15 is 0 Å². The van der Waals surface area contributed by atoms with Gasteiger partial charge in [0.1, 0.15) is 12.4 Å². The Hall–Kier alpha value is -2.33. The second kappa shape index (κ2) is 8.34. The second-order valence-corrected chi connectivity index (χ2v) is 5.74. The monoisotopic (exact) mass is 312 g/mol. The number of nitrogens with two attached hydrogens (primary N) is 1. The zero-order valence-corrected chi connectivity index (χ0v) is 13.6. The summed E-state index contributed by atoms with van der Waals surface area (Å²) in [6.07, 6.45) is 0. The molecule has 0 aliphatic heterocycles. The molecule has 2 aromatic rings.